The Balaban J connectivity index is 1.35. The van der Waals surface area contributed by atoms with Gasteiger partial charge in [0.05, 0.1) is 16.5 Å². The van der Waals surface area contributed by atoms with E-state index in [0.29, 0.717) is 58.7 Å². The summed E-state index contributed by atoms with van der Waals surface area (Å²) in [6.45, 7) is 3.65. The Hall–Kier alpha value is -2.92. The summed E-state index contributed by atoms with van der Waals surface area (Å²) in [5, 5.41) is 13.3. The molecule has 3 heterocycles. The minimum absolute atomic E-state index is 0.0309. The summed E-state index contributed by atoms with van der Waals surface area (Å²) >= 11 is 15.7. The summed E-state index contributed by atoms with van der Waals surface area (Å²) in [5.41, 5.74) is 2.00. The maximum Gasteiger partial charge on any atom is 0.273 e. The van der Waals surface area contributed by atoms with E-state index in [-0.39, 0.29) is 11.8 Å². The second-order valence-corrected chi connectivity index (χ2v) is 11.0. The highest BCUT2D eigenvalue weighted by Crippen LogP contribution is 2.34. The van der Waals surface area contributed by atoms with Crippen molar-refractivity contribution in [3.63, 3.8) is 0 Å². The van der Waals surface area contributed by atoms with Crippen LogP contribution in [0.5, 0.6) is 0 Å². The predicted octanol–water partition coefficient (Wildman–Crippen LogP) is 5.29. The lowest BCUT2D eigenvalue weighted by molar-refractivity contribution is -0.130. The summed E-state index contributed by atoms with van der Waals surface area (Å²) in [7, 11) is 0. The van der Waals surface area contributed by atoms with Gasteiger partial charge >= 0.3 is 0 Å². The van der Waals surface area contributed by atoms with Crippen LogP contribution in [0.15, 0.2) is 59.1 Å². The monoisotopic (exact) mass is 572 g/mol. The molecule has 0 spiro atoms. The van der Waals surface area contributed by atoms with E-state index in [1.165, 1.54) is 23.1 Å². The molecule has 0 unspecified atom stereocenters. The minimum atomic E-state index is -0.112. The van der Waals surface area contributed by atoms with Crippen LogP contribution in [-0.4, -0.2) is 67.5 Å². The zero-order chi connectivity index (χ0) is 25.9. The molecule has 0 aliphatic carbocycles. The largest absolute Gasteiger partial charge is 0.339 e. The number of halogens is 2. The smallest absolute Gasteiger partial charge is 0.273 e. The molecule has 0 bridgehead atoms. The van der Waals surface area contributed by atoms with E-state index in [1.54, 1.807) is 22.1 Å². The van der Waals surface area contributed by atoms with E-state index >= 15 is 0 Å². The lowest BCUT2D eigenvalue weighted by Gasteiger charge is -2.33. The number of hydrogen-bond acceptors (Lipinski definition) is 7. The average Bonchev–Trinajstić information content (AvgIpc) is 3.55. The van der Waals surface area contributed by atoms with Crippen molar-refractivity contribution < 1.29 is 9.59 Å². The number of hydrogen-bond donors (Lipinski definition) is 0. The van der Waals surface area contributed by atoms with Crippen molar-refractivity contribution >= 4 is 58.1 Å². The van der Waals surface area contributed by atoms with E-state index in [1.807, 2.05) is 53.1 Å². The number of carbonyl (C=O) groups is 2. The Morgan fingerprint density at radius 3 is 2.49 bits per heavy atom. The highest BCUT2D eigenvalue weighted by molar-refractivity contribution is 7.98. The van der Waals surface area contributed by atoms with Gasteiger partial charge in [0, 0.05) is 49.1 Å². The number of amides is 2. The lowest BCUT2D eigenvalue weighted by atomic mass is 10.2. The van der Waals surface area contributed by atoms with Crippen LogP contribution in [0.25, 0.3) is 17.1 Å². The van der Waals surface area contributed by atoms with Crippen LogP contribution < -0.4 is 0 Å². The molecule has 0 radical (unpaired) electrons. The van der Waals surface area contributed by atoms with Crippen LogP contribution in [0.3, 0.4) is 0 Å². The Labute approximate surface area is 232 Å². The molecule has 2 amide bonds. The van der Waals surface area contributed by atoms with Gasteiger partial charge in [-0.05, 0) is 30.3 Å². The average molecular weight is 574 g/mol. The summed E-state index contributed by atoms with van der Waals surface area (Å²) < 4.78 is 1.92. The summed E-state index contributed by atoms with van der Waals surface area (Å²) in [6.07, 6.45) is 0. The van der Waals surface area contributed by atoms with E-state index in [0.717, 1.165) is 16.3 Å². The Kier molecular flexibility index (Phi) is 7.80. The summed E-state index contributed by atoms with van der Waals surface area (Å²) in [6, 6.07) is 15.0. The number of rotatable bonds is 6. The van der Waals surface area contributed by atoms with E-state index in [2.05, 4.69) is 15.2 Å². The quantitative estimate of drug-likeness (QED) is 0.292. The fourth-order valence-corrected chi connectivity index (χ4v) is 6.16. The zero-order valence-corrected chi connectivity index (χ0v) is 22.9. The molecule has 4 aromatic rings. The van der Waals surface area contributed by atoms with Crippen LogP contribution in [0.2, 0.25) is 10.0 Å². The Morgan fingerprint density at radius 1 is 1.00 bits per heavy atom. The van der Waals surface area contributed by atoms with Crippen molar-refractivity contribution in [3.8, 4) is 17.1 Å². The molecule has 12 heteroatoms. The van der Waals surface area contributed by atoms with Gasteiger partial charge in [0.2, 0.25) is 5.91 Å². The molecule has 37 heavy (non-hydrogen) atoms. The third-order valence-corrected chi connectivity index (χ3v) is 8.46. The zero-order valence-electron chi connectivity index (χ0n) is 19.8. The van der Waals surface area contributed by atoms with Gasteiger partial charge in [-0.25, -0.2) is 4.98 Å². The van der Waals surface area contributed by atoms with Gasteiger partial charge in [0.15, 0.2) is 11.0 Å². The second-order valence-electron chi connectivity index (χ2n) is 8.31. The van der Waals surface area contributed by atoms with Crippen molar-refractivity contribution in [1.29, 1.82) is 0 Å². The van der Waals surface area contributed by atoms with Gasteiger partial charge in [-0.3, -0.25) is 14.2 Å². The number of nitrogens with zero attached hydrogens (tertiary/aromatic N) is 6. The topological polar surface area (TPSA) is 84.2 Å². The van der Waals surface area contributed by atoms with Gasteiger partial charge < -0.3 is 9.80 Å². The molecule has 190 valence electrons. The maximum absolute atomic E-state index is 12.9. The van der Waals surface area contributed by atoms with Gasteiger partial charge in [0.1, 0.15) is 10.7 Å². The number of carbonyl (C=O) groups excluding carboxylic acids is 2. The van der Waals surface area contributed by atoms with Crippen LogP contribution in [-0.2, 0) is 10.5 Å². The molecule has 1 aliphatic heterocycles. The van der Waals surface area contributed by atoms with Crippen molar-refractivity contribution in [3.05, 3.63) is 74.7 Å². The fraction of sp³-hybridized carbons (Fsp3) is 0.240. The molecule has 1 fully saturated rings. The first-order valence-corrected chi connectivity index (χ1v) is 14.1. The van der Waals surface area contributed by atoms with Crippen LogP contribution in [0.4, 0.5) is 0 Å². The molecule has 1 saturated heterocycles. The van der Waals surface area contributed by atoms with E-state index < -0.39 is 0 Å². The Bertz CT molecular complexity index is 1450. The van der Waals surface area contributed by atoms with Crippen LogP contribution >= 0.6 is 46.3 Å². The lowest BCUT2D eigenvalue weighted by Crippen LogP contribution is -2.50. The molecule has 8 nitrogen and oxygen atoms in total. The number of thioether (sulfide) groups is 1. The number of piperazine rings is 1. The first-order chi connectivity index (χ1) is 17.9. The Morgan fingerprint density at radius 2 is 1.76 bits per heavy atom. The van der Waals surface area contributed by atoms with Crippen LogP contribution in [0.1, 0.15) is 22.4 Å². The van der Waals surface area contributed by atoms with Gasteiger partial charge in [0.25, 0.3) is 5.91 Å². The maximum atomic E-state index is 12.9. The molecule has 0 saturated carbocycles. The van der Waals surface area contributed by atoms with Crippen molar-refractivity contribution in [2.45, 2.75) is 17.8 Å². The fourth-order valence-electron chi connectivity index (χ4n) is 4.02. The molecular weight excluding hydrogens is 551 g/mol. The number of benzene rings is 2. The van der Waals surface area contributed by atoms with Gasteiger partial charge in [-0.1, -0.05) is 53.2 Å². The molecule has 2 aromatic carbocycles. The molecular formula is C25H22Cl2N6O2S2. The molecule has 5 rings (SSSR count). The molecule has 0 N–H and O–H groups in total. The third-order valence-electron chi connectivity index (χ3n) is 5.92. The normalized spacial score (nSPS) is 13.7. The SMILES string of the molecule is CC(=O)N1CCN(C(=O)c2csc(CSc3nnc(-c4ccccc4Cl)n3-c3cccc(Cl)c3)n2)CC1. The van der Waals surface area contributed by atoms with Gasteiger partial charge in [-0.2, -0.15) is 0 Å². The predicted molar refractivity (Wildman–Crippen MR) is 147 cm³/mol. The van der Waals surface area contributed by atoms with Crippen LogP contribution in [0, 0.1) is 0 Å². The molecule has 1 aliphatic rings. The van der Waals surface area contributed by atoms with E-state index in [9.17, 15) is 9.59 Å². The second kappa shape index (κ2) is 11.2. The molecule has 0 atom stereocenters. The summed E-state index contributed by atoms with van der Waals surface area (Å²) in [4.78, 5) is 32.6. The first kappa shape index (κ1) is 25.7. The minimum Gasteiger partial charge on any atom is -0.339 e. The van der Waals surface area contributed by atoms with Crippen molar-refractivity contribution in [2.75, 3.05) is 26.2 Å². The highest BCUT2D eigenvalue weighted by atomic mass is 35.5. The molecule has 2 aromatic heterocycles. The first-order valence-electron chi connectivity index (χ1n) is 11.5. The highest BCUT2D eigenvalue weighted by Gasteiger charge is 2.25. The standard InChI is InChI=1S/C25H22Cl2N6O2S2/c1-16(34)31-9-11-32(12-10-31)24(35)21-14-36-22(28-21)15-37-25-30-29-23(19-7-2-3-8-20(19)27)33(25)18-6-4-5-17(26)13-18/h2-8,13-14H,9-12,15H2,1H3. The van der Waals surface area contributed by atoms with Gasteiger partial charge in [-0.15, -0.1) is 21.5 Å². The van der Waals surface area contributed by atoms with E-state index in [4.69, 9.17) is 23.2 Å². The number of aromatic nitrogens is 4. The number of thiazole rings is 1. The van der Waals surface area contributed by atoms with Crippen molar-refractivity contribution in [1.82, 2.24) is 29.5 Å². The third kappa shape index (κ3) is 5.67. The van der Waals surface area contributed by atoms with Crippen molar-refractivity contribution in [2.24, 2.45) is 0 Å². The summed E-state index contributed by atoms with van der Waals surface area (Å²) in [5.74, 6) is 1.04.